The predicted molar refractivity (Wildman–Crippen MR) is 152 cm³/mol. The Kier molecular flexibility index (Phi) is 7.87. The number of hydrogen-bond donors (Lipinski definition) is 1. The maximum atomic E-state index is 12.8. The number of unbranched alkanes of at least 4 members (excludes halogenated alkanes) is 1. The quantitative estimate of drug-likeness (QED) is 0.296. The molecule has 5 rings (SSSR count). The summed E-state index contributed by atoms with van der Waals surface area (Å²) in [6.07, 6.45) is 9.64. The maximum Gasteiger partial charge on any atom is 0.343 e. The molecule has 0 aromatic heterocycles. The topological polar surface area (TPSA) is 113 Å². The second-order valence-electron chi connectivity index (χ2n) is 12.2. The normalized spacial score (nSPS) is 29.1. The van der Waals surface area contributed by atoms with Gasteiger partial charge in [0, 0.05) is 11.8 Å². The van der Waals surface area contributed by atoms with Crippen LogP contribution in [-0.2, 0) is 26.0 Å². The maximum absolute atomic E-state index is 12.8. The smallest absolute Gasteiger partial charge is 0.343 e. The zero-order valence-electron chi connectivity index (χ0n) is 23.8. The van der Waals surface area contributed by atoms with Gasteiger partial charge in [-0.1, -0.05) is 33.3 Å². The molecule has 0 heterocycles. The van der Waals surface area contributed by atoms with Crippen molar-refractivity contribution < 1.29 is 27.5 Å². The fraction of sp³-hybridized carbons (Fsp3) is 0.562. The van der Waals surface area contributed by atoms with E-state index in [1.165, 1.54) is 35.4 Å². The molecule has 3 aliphatic rings. The molecule has 0 radical (unpaired) electrons. The van der Waals surface area contributed by atoms with E-state index >= 15 is 0 Å². The van der Waals surface area contributed by atoms with Crippen LogP contribution in [0.15, 0.2) is 47.4 Å². The van der Waals surface area contributed by atoms with E-state index in [0.717, 1.165) is 57.8 Å². The van der Waals surface area contributed by atoms with E-state index in [1.54, 1.807) is 0 Å². The summed E-state index contributed by atoms with van der Waals surface area (Å²) in [7, 11) is -3.83. The summed E-state index contributed by atoms with van der Waals surface area (Å²) in [5.74, 6) is 0.850. The number of ether oxygens (including phenoxy) is 2. The molecule has 2 fully saturated rings. The highest BCUT2D eigenvalue weighted by molar-refractivity contribution is 7.89. The Morgan fingerprint density at radius 1 is 1.02 bits per heavy atom. The van der Waals surface area contributed by atoms with Crippen molar-refractivity contribution in [3.8, 4) is 5.75 Å². The second kappa shape index (κ2) is 10.9. The number of benzene rings is 2. The van der Waals surface area contributed by atoms with Crippen LogP contribution in [-0.4, -0.2) is 26.5 Å². The third-order valence-corrected chi connectivity index (χ3v) is 11.2. The monoisotopic (exact) mass is 567 g/mol. The average Bonchev–Trinajstić information content (AvgIpc) is 3.27. The average molecular weight is 568 g/mol. The molecule has 40 heavy (non-hydrogen) atoms. The number of carbonyl (C=O) groups excluding carboxylic acids is 2. The van der Waals surface area contributed by atoms with E-state index in [1.807, 2.05) is 12.1 Å². The SMILES string of the molecule is CCCCC(=O)O[C@H]1CC[C@@H]2[C@]1(C)CC[C@@H]1c3ccc(OC(=O)c4ccc(S(N)(=O)=O)cc4)cc3CC[C@]12CC. The molecule has 216 valence electrons. The molecule has 3 aliphatic carbocycles. The van der Waals surface area contributed by atoms with Crippen LogP contribution in [0.3, 0.4) is 0 Å². The van der Waals surface area contributed by atoms with Crippen LogP contribution in [0.25, 0.3) is 0 Å². The second-order valence-corrected chi connectivity index (χ2v) is 13.8. The number of sulfonamides is 1. The van der Waals surface area contributed by atoms with Crippen molar-refractivity contribution >= 4 is 22.0 Å². The standard InChI is InChI=1S/C32H41NO6S/c1-4-6-7-29(34)39-28-15-14-27-31(28,3)18-17-26-25-13-10-23(20-22(25)16-19-32(26,27)5-2)38-30(35)21-8-11-24(12-9-21)40(33,36)37/h8-13,20,26-28H,4-7,14-19H2,1-3H3,(H2,33,36,37)/t26-,27-,28+,31+,32-/m1/s1. The molecule has 0 saturated heterocycles. The summed E-state index contributed by atoms with van der Waals surface area (Å²) < 4.78 is 34.8. The highest BCUT2D eigenvalue weighted by atomic mass is 32.2. The van der Waals surface area contributed by atoms with Gasteiger partial charge in [0.2, 0.25) is 10.0 Å². The van der Waals surface area contributed by atoms with Crippen LogP contribution in [0.2, 0.25) is 0 Å². The number of nitrogens with two attached hydrogens (primary N) is 1. The first-order chi connectivity index (χ1) is 19.0. The van der Waals surface area contributed by atoms with Crippen molar-refractivity contribution in [1.82, 2.24) is 0 Å². The molecular weight excluding hydrogens is 526 g/mol. The van der Waals surface area contributed by atoms with Gasteiger partial charge in [0.15, 0.2) is 0 Å². The lowest BCUT2D eigenvalue weighted by molar-refractivity contribution is -0.160. The molecule has 0 bridgehead atoms. The van der Waals surface area contributed by atoms with Gasteiger partial charge in [-0.25, -0.2) is 18.4 Å². The number of carbonyl (C=O) groups is 2. The van der Waals surface area contributed by atoms with E-state index in [9.17, 15) is 18.0 Å². The van der Waals surface area contributed by atoms with Crippen LogP contribution in [0.4, 0.5) is 0 Å². The minimum atomic E-state index is -3.83. The molecule has 2 saturated carbocycles. The molecule has 0 spiro atoms. The first kappa shape index (κ1) is 28.8. The van der Waals surface area contributed by atoms with Crippen molar-refractivity contribution in [3.63, 3.8) is 0 Å². The highest BCUT2D eigenvalue weighted by Crippen LogP contribution is 2.68. The van der Waals surface area contributed by atoms with E-state index in [2.05, 4.69) is 26.8 Å². The number of hydrogen-bond acceptors (Lipinski definition) is 6. The molecule has 0 amide bonds. The van der Waals surface area contributed by atoms with Crippen molar-refractivity contribution in [1.29, 1.82) is 0 Å². The van der Waals surface area contributed by atoms with Gasteiger partial charge < -0.3 is 9.47 Å². The molecule has 7 nitrogen and oxygen atoms in total. The van der Waals surface area contributed by atoms with Crippen molar-refractivity contribution in [2.45, 2.75) is 102 Å². The summed E-state index contributed by atoms with van der Waals surface area (Å²) in [6, 6.07) is 11.4. The van der Waals surface area contributed by atoms with Crippen LogP contribution >= 0.6 is 0 Å². The van der Waals surface area contributed by atoms with Crippen molar-refractivity contribution in [3.05, 3.63) is 59.2 Å². The number of aryl methyl sites for hydroxylation is 1. The summed E-state index contributed by atoms with van der Waals surface area (Å²) in [6.45, 7) is 6.78. The lowest BCUT2D eigenvalue weighted by Crippen LogP contribution is -2.52. The van der Waals surface area contributed by atoms with Crippen molar-refractivity contribution in [2.75, 3.05) is 0 Å². The van der Waals surface area contributed by atoms with Crippen LogP contribution in [0, 0.1) is 16.7 Å². The van der Waals surface area contributed by atoms with Crippen LogP contribution in [0.1, 0.15) is 106 Å². The predicted octanol–water partition coefficient (Wildman–Crippen LogP) is 6.29. The minimum absolute atomic E-state index is 0.00782. The zero-order chi connectivity index (χ0) is 28.7. The first-order valence-corrected chi connectivity index (χ1v) is 16.2. The molecule has 5 atom stereocenters. The fourth-order valence-electron chi connectivity index (χ4n) is 8.20. The molecule has 8 heteroatoms. The van der Waals surface area contributed by atoms with Gasteiger partial charge in [0.05, 0.1) is 10.5 Å². The van der Waals surface area contributed by atoms with Gasteiger partial charge >= 0.3 is 11.9 Å². The zero-order valence-corrected chi connectivity index (χ0v) is 24.6. The van der Waals surface area contributed by atoms with Gasteiger partial charge in [0.25, 0.3) is 0 Å². The van der Waals surface area contributed by atoms with Gasteiger partial charge in [-0.15, -0.1) is 0 Å². The molecular formula is C32H41NO6S. The third kappa shape index (κ3) is 5.09. The number of rotatable bonds is 8. The Morgan fingerprint density at radius 3 is 2.45 bits per heavy atom. The molecule has 2 aromatic carbocycles. The largest absolute Gasteiger partial charge is 0.462 e. The summed E-state index contributed by atoms with van der Waals surface area (Å²) >= 11 is 0. The molecule has 0 aliphatic heterocycles. The summed E-state index contributed by atoms with van der Waals surface area (Å²) in [5, 5.41) is 5.15. The number of esters is 2. The summed E-state index contributed by atoms with van der Waals surface area (Å²) in [5.41, 5.74) is 3.03. The van der Waals surface area contributed by atoms with Gasteiger partial charge in [0.1, 0.15) is 11.9 Å². The number of primary sulfonamides is 1. The van der Waals surface area contributed by atoms with Gasteiger partial charge in [-0.3, -0.25) is 4.79 Å². The van der Waals surface area contributed by atoms with Crippen LogP contribution in [0.5, 0.6) is 5.75 Å². The Bertz CT molecular complexity index is 1390. The van der Waals surface area contributed by atoms with Crippen LogP contribution < -0.4 is 9.88 Å². The highest BCUT2D eigenvalue weighted by Gasteiger charge is 2.62. The molecule has 0 unspecified atom stereocenters. The van der Waals surface area contributed by atoms with E-state index in [4.69, 9.17) is 14.6 Å². The Labute approximate surface area is 237 Å². The Morgan fingerprint density at radius 2 is 1.77 bits per heavy atom. The van der Waals surface area contributed by atoms with Gasteiger partial charge in [-0.05, 0) is 116 Å². The fourth-order valence-corrected chi connectivity index (χ4v) is 8.71. The molecule has 2 aromatic rings. The Balaban J connectivity index is 1.33. The lowest BCUT2D eigenvalue weighted by atomic mass is 9.46. The van der Waals surface area contributed by atoms with E-state index in [-0.39, 0.29) is 33.4 Å². The lowest BCUT2D eigenvalue weighted by Gasteiger charge is -2.58. The molecule has 2 N–H and O–H groups in total. The Hall–Kier alpha value is -2.71. The van der Waals surface area contributed by atoms with E-state index < -0.39 is 16.0 Å². The summed E-state index contributed by atoms with van der Waals surface area (Å²) in [4.78, 5) is 25.2. The third-order valence-electron chi connectivity index (χ3n) is 10.3. The van der Waals surface area contributed by atoms with Gasteiger partial charge in [-0.2, -0.15) is 0 Å². The minimum Gasteiger partial charge on any atom is -0.462 e. The van der Waals surface area contributed by atoms with Crippen molar-refractivity contribution in [2.24, 2.45) is 21.9 Å². The van der Waals surface area contributed by atoms with E-state index in [0.29, 0.717) is 24.0 Å². The first-order valence-electron chi connectivity index (χ1n) is 14.7. The number of fused-ring (bicyclic) bond motifs is 5.